The molecule has 6 nitrogen and oxygen atoms in total. The van der Waals surface area contributed by atoms with Crippen molar-refractivity contribution in [1.82, 2.24) is 5.32 Å². The fraction of sp³-hybridized carbons (Fsp3) is 0.381. The molecule has 0 spiro atoms. The number of carbonyl (C=O) groups is 1. The normalized spacial score (nSPS) is 11.3. The lowest BCUT2D eigenvalue weighted by molar-refractivity contribution is 0.0954. The number of nitrogens with zero attached hydrogens (tertiary/aromatic N) is 1. The molecule has 0 fully saturated rings. The summed E-state index contributed by atoms with van der Waals surface area (Å²) in [5, 5.41) is 2.87. The highest BCUT2D eigenvalue weighted by molar-refractivity contribution is 7.92. The molecule has 1 amide bonds. The Labute approximate surface area is 167 Å². The van der Waals surface area contributed by atoms with Gasteiger partial charge in [-0.3, -0.25) is 9.10 Å². The molecule has 0 aromatic heterocycles. The summed E-state index contributed by atoms with van der Waals surface area (Å²) in [6.45, 7) is 4.47. The standard InChI is InChI=1S/C21H28N2O4S/c1-16(2)27-18-11-7-9-17(15-18)10-8-14-22-21(24)19-12-5-6-13-20(19)23(3)28(4,25)26/h5-7,9,11-13,15-16H,8,10,14H2,1-4H3,(H,22,24). The fourth-order valence-corrected chi connectivity index (χ4v) is 3.27. The van der Waals surface area contributed by atoms with Crippen molar-refractivity contribution < 1.29 is 17.9 Å². The second-order valence-electron chi connectivity index (χ2n) is 6.92. The van der Waals surface area contributed by atoms with Crippen molar-refractivity contribution in [2.45, 2.75) is 32.8 Å². The molecule has 2 aromatic rings. The monoisotopic (exact) mass is 404 g/mol. The lowest BCUT2D eigenvalue weighted by atomic mass is 10.1. The maximum atomic E-state index is 12.5. The Morgan fingerprint density at radius 2 is 1.86 bits per heavy atom. The van der Waals surface area contributed by atoms with E-state index in [0.717, 1.165) is 34.7 Å². The van der Waals surface area contributed by atoms with Gasteiger partial charge in [-0.25, -0.2) is 8.42 Å². The number of para-hydroxylation sites is 1. The van der Waals surface area contributed by atoms with E-state index in [0.29, 0.717) is 17.8 Å². The summed E-state index contributed by atoms with van der Waals surface area (Å²) in [6, 6.07) is 14.6. The van der Waals surface area contributed by atoms with Gasteiger partial charge < -0.3 is 10.1 Å². The van der Waals surface area contributed by atoms with Crippen LogP contribution in [0.5, 0.6) is 5.75 Å². The Hall–Kier alpha value is -2.54. The first-order chi connectivity index (χ1) is 13.2. The van der Waals surface area contributed by atoms with Gasteiger partial charge in [-0.1, -0.05) is 24.3 Å². The molecule has 0 bridgehead atoms. The second-order valence-corrected chi connectivity index (χ2v) is 8.93. The van der Waals surface area contributed by atoms with Crippen LogP contribution in [0, 0.1) is 0 Å². The van der Waals surface area contributed by atoms with Crippen LogP contribution in [0.3, 0.4) is 0 Å². The zero-order chi connectivity index (χ0) is 20.7. The summed E-state index contributed by atoms with van der Waals surface area (Å²) in [4.78, 5) is 12.5. The molecular formula is C21H28N2O4S. The molecule has 0 aliphatic carbocycles. The number of ether oxygens (including phenoxy) is 1. The molecule has 0 saturated carbocycles. The summed E-state index contributed by atoms with van der Waals surface area (Å²) in [5.74, 6) is 0.553. The number of hydrogen-bond donors (Lipinski definition) is 1. The van der Waals surface area contributed by atoms with Gasteiger partial charge in [0.05, 0.1) is 23.6 Å². The minimum absolute atomic E-state index is 0.125. The Kier molecular flexibility index (Phi) is 7.45. The molecule has 0 unspecified atom stereocenters. The van der Waals surface area contributed by atoms with Crippen molar-refractivity contribution in [1.29, 1.82) is 0 Å². The molecule has 0 radical (unpaired) electrons. The molecule has 28 heavy (non-hydrogen) atoms. The van der Waals surface area contributed by atoms with Crippen LogP contribution < -0.4 is 14.4 Å². The Morgan fingerprint density at radius 1 is 1.14 bits per heavy atom. The Balaban J connectivity index is 1.94. The highest BCUT2D eigenvalue weighted by Crippen LogP contribution is 2.21. The number of sulfonamides is 1. The molecule has 0 atom stereocenters. The van der Waals surface area contributed by atoms with E-state index in [9.17, 15) is 13.2 Å². The number of benzene rings is 2. The van der Waals surface area contributed by atoms with Gasteiger partial charge in [0.2, 0.25) is 10.0 Å². The molecule has 0 saturated heterocycles. The molecule has 0 aliphatic heterocycles. The van der Waals surface area contributed by atoms with Crippen molar-refractivity contribution in [3.05, 3.63) is 59.7 Å². The lowest BCUT2D eigenvalue weighted by Crippen LogP contribution is -2.30. The van der Waals surface area contributed by atoms with Crippen molar-refractivity contribution in [3.8, 4) is 5.75 Å². The van der Waals surface area contributed by atoms with E-state index in [1.807, 2.05) is 38.1 Å². The zero-order valence-corrected chi connectivity index (χ0v) is 17.6. The molecule has 2 aromatic carbocycles. The SMILES string of the molecule is CC(C)Oc1cccc(CCCNC(=O)c2ccccc2N(C)S(C)(=O)=O)c1. The highest BCUT2D eigenvalue weighted by Gasteiger charge is 2.19. The number of amides is 1. The molecular weight excluding hydrogens is 376 g/mol. The first-order valence-electron chi connectivity index (χ1n) is 9.25. The zero-order valence-electron chi connectivity index (χ0n) is 16.8. The quantitative estimate of drug-likeness (QED) is 0.651. The molecule has 1 N–H and O–H groups in total. The largest absolute Gasteiger partial charge is 0.491 e. The van der Waals surface area contributed by atoms with Crippen LogP contribution in [0.25, 0.3) is 0 Å². The minimum atomic E-state index is -3.44. The Bertz CT molecular complexity index is 910. The van der Waals surface area contributed by atoms with E-state index in [1.54, 1.807) is 24.3 Å². The van der Waals surface area contributed by atoms with Gasteiger partial charge in [-0.15, -0.1) is 0 Å². The van der Waals surface area contributed by atoms with Gasteiger partial charge >= 0.3 is 0 Å². The minimum Gasteiger partial charge on any atom is -0.491 e. The van der Waals surface area contributed by atoms with Crippen molar-refractivity contribution >= 4 is 21.6 Å². The van der Waals surface area contributed by atoms with E-state index in [2.05, 4.69) is 5.32 Å². The van der Waals surface area contributed by atoms with Crippen LogP contribution in [0.2, 0.25) is 0 Å². The van der Waals surface area contributed by atoms with Gasteiger partial charge in [-0.2, -0.15) is 0 Å². The first kappa shape index (κ1) is 21.8. The summed E-state index contributed by atoms with van der Waals surface area (Å²) < 4.78 is 30.4. The Morgan fingerprint density at radius 3 is 2.54 bits per heavy atom. The third-order valence-corrected chi connectivity index (χ3v) is 5.38. The van der Waals surface area contributed by atoms with Gasteiger partial charge in [0.25, 0.3) is 5.91 Å². The van der Waals surface area contributed by atoms with Crippen molar-refractivity contribution in [3.63, 3.8) is 0 Å². The predicted octanol–water partition coefficient (Wildman–Crippen LogP) is 3.23. The summed E-state index contributed by atoms with van der Waals surface area (Å²) in [5.41, 5.74) is 1.84. The van der Waals surface area contributed by atoms with Crippen LogP contribution in [0.15, 0.2) is 48.5 Å². The lowest BCUT2D eigenvalue weighted by Gasteiger charge is -2.19. The van der Waals surface area contributed by atoms with E-state index in [1.165, 1.54) is 7.05 Å². The molecule has 7 heteroatoms. The average Bonchev–Trinajstić information content (AvgIpc) is 2.63. The van der Waals surface area contributed by atoms with E-state index in [-0.39, 0.29) is 12.0 Å². The molecule has 0 heterocycles. The smallest absolute Gasteiger partial charge is 0.253 e. The first-order valence-corrected chi connectivity index (χ1v) is 11.1. The number of hydrogen-bond acceptors (Lipinski definition) is 4. The van der Waals surface area contributed by atoms with Crippen LogP contribution in [-0.2, 0) is 16.4 Å². The summed E-state index contributed by atoms with van der Waals surface area (Å²) in [6.07, 6.45) is 2.81. The second kappa shape index (κ2) is 9.59. The molecule has 2 rings (SSSR count). The topological polar surface area (TPSA) is 75.7 Å². The van der Waals surface area contributed by atoms with Crippen LogP contribution >= 0.6 is 0 Å². The van der Waals surface area contributed by atoms with E-state index < -0.39 is 10.0 Å². The highest BCUT2D eigenvalue weighted by atomic mass is 32.2. The van der Waals surface area contributed by atoms with Crippen molar-refractivity contribution in [2.24, 2.45) is 0 Å². The number of anilines is 1. The van der Waals surface area contributed by atoms with Crippen LogP contribution in [0.4, 0.5) is 5.69 Å². The number of aryl methyl sites for hydroxylation is 1. The van der Waals surface area contributed by atoms with Gasteiger partial charge in [0, 0.05) is 13.6 Å². The maximum Gasteiger partial charge on any atom is 0.253 e. The summed E-state index contributed by atoms with van der Waals surface area (Å²) in [7, 11) is -2.01. The predicted molar refractivity (Wildman–Crippen MR) is 113 cm³/mol. The number of nitrogens with one attached hydrogen (secondary N) is 1. The van der Waals surface area contributed by atoms with Gasteiger partial charge in [0.1, 0.15) is 5.75 Å². The van der Waals surface area contributed by atoms with Gasteiger partial charge in [0.15, 0.2) is 0 Å². The van der Waals surface area contributed by atoms with Gasteiger partial charge in [-0.05, 0) is 56.5 Å². The molecule has 152 valence electrons. The molecule has 0 aliphatic rings. The maximum absolute atomic E-state index is 12.5. The van der Waals surface area contributed by atoms with E-state index >= 15 is 0 Å². The third kappa shape index (κ3) is 6.27. The van der Waals surface area contributed by atoms with E-state index in [4.69, 9.17) is 4.74 Å². The number of carbonyl (C=O) groups excluding carboxylic acids is 1. The average molecular weight is 405 g/mol. The summed E-state index contributed by atoms with van der Waals surface area (Å²) >= 11 is 0. The number of rotatable bonds is 9. The fourth-order valence-electron chi connectivity index (χ4n) is 2.76. The van der Waals surface area contributed by atoms with Crippen LogP contribution in [0.1, 0.15) is 36.2 Å². The third-order valence-electron chi connectivity index (χ3n) is 4.18. The van der Waals surface area contributed by atoms with Crippen LogP contribution in [-0.4, -0.2) is 40.3 Å². The van der Waals surface area contributed by atoms with Crippen molar-refractivity contribution in [2.75, 3.05) is 24.2 Å².